The molecule has 2 N–H and O–H groups in total. The summed E-state index contributed by atoms with van der Waals surface area (Å²) in [7, 11) is 0. The standard InChI is InChI=1S/C18H30N2O2/c1-7-16(20-17(21)22-18(4,5)6)12-19-11-15-10-8-9-13(2)14(15)3/h8-10,16,19H,7,11-12H2,1-6H3,(H,20,21). The highest BCUT2D eigenvalue weighted by Crippen LogP contribution is 2.12. The van der Waals surface area contributed by atoms with Gasteiger partial charge in [-0.3, -0.25) is 0 Å². The molecule has 4 nitrogen and oxygen atoms in total. The number of amides is 1. The van der Waals surface area contributed by atoms with E-state index in [0.29, 0.717) is 0 Å². The van der Waals surface area contributed by atoms with Crippen molar-refractivity contribution in [3.05, 3.63) is 34.9 Å². The van der Waals surface area contributed by atoms with Crippen molar-refractivity contribution >= 4 is 6.09 Å². The van der Waals surface area contributed by atoms with Gasteiger partial charge in [-0.25, -0.2) is 4.79 Å². The first-order valence-electron chi connectivity index (χ1n) is 7.98. The van der Waals surface area contributed by atoms with Crippen molar-refractivity contribution in [2.24, 2.45) is 0 Å². The lowest BCUT2D eigenvalue weighted by molar-refractivity contribution is 0.0502. The normalized spacial score (nSPS) is 12.8. The van der Waals surface area contributed by atoms with Gasteiger partial charge in [0.05, 0.1) is 0 Å². The Kier molecular flexibility index (Phi) is 6.88. The maximum atomic E-state index is 11.8. The number of benzene rings is 1. The fourth-order valence-electron chi connectivity index (χ4n) is 2.16. The van der Waals surface area contributed by atoms with E-state index in [-0.39, 0.29) is 12.1 Å². The molecule has 1 rings (SSSR count). The Labute approximate surface area is 134 Å². The second kappa shape index (κ2) is 8.18. The Balaban J connectivity index is 2.44. The highest BCUT2D eigenvalue weighted by molar-refractivity contribution is 5.68. The summed E-state index contributed by atoms with van der Waals surface area (Å²) in [5.41, 5.74) is 3.46. The second-order valence-corrected chi connectivity index (χ2v) is 6.74. The van der Waals surface area contributed by atoms with Crippen LogP contribution in [0, 0.1) is 13.8 Å². The van der Waals surface area contributed by atoms with Crippen molar-refractivity contribution in [1.82, 2.24) is 10.6 Å². The Morgan fingerprint density at radius 1 is 1.27 bits per heavy atom. The molecule has 0 aromatic heterocycles. The number of ether oxygens (including phenoxy) is 1. The van der Waals surface area contributed by atoms with E-state index in [9.17, 15) is 4.79 Å². The van der Waals surface area contributed by atoms with Crippen molar-refractivity contribution < 1.29 is 9.53 Å². The highest BCUT2D eigenvalue weighted by atomic mass is 16.6. The van der Waals surface area contributed by atoms with Crippen molar-refractivity contribution in [3.63, 3.8) is 0 Å². The summed E-state index contributed by atoms with van der Waals surface area (Å²) in [5, 5.41) is 6.33. The molecule has 4 heteroatoms. The van der Waals surface area contributed by atoms with Gasteiger partial charge in [-0.05, 0) is 57.7 Å². The van der Waals surface area contributed by atoms with Crippen LogP contribution in [0.5, 0.6) is 0 Å². The first-order chi connectivity index (χ1) is 10.2. The number of carbonyl (C=O) groups is 1. The smallest absolute Gasteiger partial charge is 0.407 e. The molecule has 1 atom stereocenters. The number of alkyl carbamates (subject to hydrolysis) is 1. The van der Waals surface area contributed by atoms with E-state index < -0.39 is 5.60 Å². The van der Waals surface area contributed by atoms with E-state index >= 15 is 0 Å². The van der Waals surface area contributed by atoms with Gasteiger partial charge >= 0.3 is 6.09 Å². The minimum Gasteiger partial charge on any atom is -0.444 e. The molecule has 0 aliphatic rings. The third kappa shape index (κ3) is 6.48. The first kappa shape index (κ1) is 18.5. The fourth-order valence-corrected chi connectivity index (χ4v) is 2.16. The van der Waals surface area contributed by atoms with Gasteiger partial charge in [-0.1, -0.05) is 25.1 Å². The van der Waals surface area contributed by atoms with Gasteiger partial charge in [0.2, 0.25) is 0 Å². The predicted molar refractivity (Wildman–Crippen MR) is 91.1 cm³/mol. The fraction of sp³-hybridized carbons (Fsp3) is 0.611. The van der Waals surface area contributed by atoms with Crippen LogP contribution in [-0.2, 0) is 11.3 Å². The molecule has 1 aromatic rings. The summed E-state index contributed by atoms with van der Waals surface area (Å²) in [6, 6.07) is 6.41. The van der Waals surface area contributed by atoms with Crippen LogP contribution in [0.3, 0.4) is 0 Å². The molecule has 124 valence electrons. The average Bonchev–Trinajstić information content (AvgIpc) is 2.40. The van der Waals surface area contributed by atoms with Crippen molar-refractivity contribution in [2.75, 3.05) is 6.54 Å². The Morgan fingerprint density at radius 3 is 2.55 bits per heavy atom. The zero-order chi connectivity index (χ0) is 16.8. The number of rotatable bonds is 6. The van der Waals surface area contributed by atoms with Crippen LogP contribution < -0.4 is 10.6 Å². The summed E-state index contributed by atoms with van der Waals surface area (Å²) in [5.74, 6) is 0. The maximum absolute atomic E-state index is 11.8. The number of aryl methyl sites for hydroxylation is 1. The van der Waals surface area contributed by atoms with Crippen LogP contribution in [0.1, 0.15) is 50.8 Å². The molecule has 1 aromatic carbocycles. The van der Waals surface area contributed by atoms with Crippen LogP contribution in [0.4, 0.5) is 4.79 Å². The van der Waals surface area contributed by atoms with Crippen molar-refractivity contribution in [2.45, 2.75) is 66.2 Å². The van der Waals surface area contributed by atoms with Gasteiger partial charge in [-0.2, -0.15) is 0 Å². The largest absolute Gasteiger partial charge is 0.444 e. The van der Waals surface area contributed by atoms with Gasteiger partial charge in [0.25, 0.3) is 0 Å². The molecule has 0 bridgehead atoms. The molecule has 0 aliphatic heterocycles. The van der Waals surface area contributed by atoms with Gasteiger partial charge < -0.3 is 15.4 Å². The molecule has 0 heterocycles. The van der Waals surface area contributed by atoms with Crippen molar-refractivity contribution in [1.29, 1.82) is 0 Å². The first-order valence-corrected chi connectivity index (χ1v) is 7.98. The number of nitrogens with one attached hydrogen (secondary N) is 2. The van der Waals surface area contributed by atoms with E-state index in [1.807, 2.05) is 20.8 Å². The van der Waals surface area contributed by atoms with Crippen molar-refractivity contribution in [3.8, 4) is 0 Å². The summed E-state index contributed by atoms with van der Waals surface area (Å²) in [6.07, 6.45) is 0.506. The van der Waals surface area contributed by atoms with Crippen LogP contribution in [0.15, 0.2) is 18.2 Å². The molecule has 0 aliphatic carbocycles. The molecule has 0 spiro atoms. The number of carbonyl (C=O) groups excluding carboxylic acids is 1. The maximum Gasteiger partial charge on any atom is 0.407 e. The van der Waals surface area contributed by atoms with Gasteiger partial charge in [0, 0.05) is 19.1 Å². The molecule has 1 amide bonds. The van der Waals surface area contributed by atoms with E-state index in [1.54, 1.807) is 0 Å². The zero-order valence-electron chi connectivity index (χ0n) is 14.7. The van der Waals surface area contributed by atoms with Crippen LogP contribution in [-0.4, -0.2) is 24.3 Å². The molecule has 0 saturated heterocycles. The molecular formula is C18H30N2O2. The van der Waals surface area contributed by atoms with Crippen LogP contribution in [0.25, 0.3) is 0 Å². The molecular weight excluding hydrogens is 276 g/mol. The van der Waals surface area contributed by atoms with Gasteiger partial charge in [-0.15, -0.1) is 0 Å². The Hall–Kier alpha value is -1.55. The Morgan fingerprint density at radius 2 is 1.95 bits per heavy atom. The third-order valence-corrected chi connectivity index (χ3v) is 3.64. The van der Waals surface area contributed by atoms with Gasteiger partial charge in [0.1, 0.15) is 5.60 Å². The molecule has 22 heavy (non-hydrogen) atoms. The van der Waals surface area contributed by atoms with E-state index in [0.717, 1.165) is 19.5 Å². The molecule has 1 unspecified atom stereocenters. The second-order valence-electron chi connectivity index (χ2n) is 6.74. The molecule has 0 saturated carbocycles. The van der Waals surface area contributed by atoms with E-state index in [2.05, 4.69) is 49.6 Å². The van der Waals surface area contributed by atoms with E-state index in [4.69, 9.17) is 4.74 Å². The average molecular weight is 306 g/mol. The van der Waals surface area contributed by atoms with Crippen LogP contribution >= 0.6 is 0 Å². The molecule has 0 radical (unpaired) electrons. The Bertz CT molecular complexity index is 492. The van der Waals surface area contributed by atoms with E-state index in [1.165, 1.54) is 16.7 Å². The summed E-state index contributed by atoms with van der Waals surface area (Å²) < 4.78 is 5.29. The summed E-state index contributed by atoms with van der Waals surface area (Å²) in [4.78, 5) is 11.8. The lowest BCUT2D eigenvalue weighted by Crippen LogP contribution is -2.43. The molecule has 0 fully saturated rings. The lowest BCUT2D eigenvalue weighted by atomic mass is 10.0. The summed E-state index contributed by atoms with van der Waals surface area (Å²) >= 11 is 0. The van der Waals surface area contributed by atoms with Gasteiger partial charge in [0.15, 0.2) is 0 Å². The number of hydrogen-bond acceptors (Lipinski definition) is 3. The lowest BCUT2D eigenvalue weighted by Gasteiger charge is -2.23. The van der Waals surface area contributed by atoms with Crippen LogP contribution in [0.2, 0.25) is 0 Å². The zero-order valence-corrected chi connectivity index (χ0v) is 14.7. The predicted octanol–water partition coefficient (Wildman–Crippen LogP) is 3.70. The number of hydrogen-bond donors (Lipinski definition) is 2. The highest BCUT2D eigenvalue weighted by Gasteiger charge is 2.18. The topological polar surface area (TPSA) is 50.4 Å². The summed E-state index contributed by atoms with van der Waals surface area (Å²) in [6.45, 7) is 13.5. The third-order valence-electron chi connectivity index (χ3n) is 3.64. The monoisotopic (exact) mass is 306 g/mol. The minimum absolute atomic E-state index is 0.0694. The minimum atomic E-state index is -0.464. The quantitative estimate of drug-likeness (QED) is 0.842. The SMILES string of the molecule is CCC(CNCc1cccc(C)c1C)NC(=O)OC(C)(C)C.